The summed E-state index contributed by atoms with van der Waals surface area (Å²) in [6, 6.07) is 1.97. The Balaban J connectivity index is 2.46. The summed E-state index contributed by atoms with van der Waals surface area (Å²) in [4.78, 5) is 2.11. The van der Waals surface area contributed by atoms with E-state index in [-0.39, 0.29) is 0 Å². The van der Waals surface area contributed by atoms with E-state index in [4.69, 9.17) is 4.52 Å². The van der Waals surface area contributed by atoms with Crippen molar-refractivity contribution in [1.82, 2.24) is 15.4 Å². The fourth-order valence-electron chi connectivity index (χ4n) is 1.25. The Bertz CT molecular complexity index is 283. The fraction of sp³-hybridized carbons (Fsp3) is 0.500. The summed E-state index contributed by atoms with van der Waals surface area (Å²) < 4.78 is 5.17. The summed E-state index contributed by atoms with van der Waals surface area (Å²) >= 11 is 0. The highest BCUT2D eigenvalue weighted by Gasteiger charge is 2.05. The van der Waals surface area contributed by atoms with E-state index in [0.29, 0.717) is 0 Å². The normalized spacial score (nSPS) is 10.8. The molecule has 0 unspecified atom stereocenters. The average molecular weight is 195 g/mol. The minimum Gasteiger partial charge on any atom is -0.360 e. The third kappa shape index (κ3) is 3.32. The lowest BCUT2D eigenvalue weighted by molar-refractivity contribution is 0.290. The standard InChI is InChI=1S/C10H17N3O/c1-4-5-13(3)8-10-6-9(7-11-2)12-14-10/h4,6,11H,1,5,7-8H2,2-3H3. The smallest absolute Gasteiger partial charge is 0.151 e. The van der Waals surface area contributed by atoms with Gasteiger partial charge in [0, 0.05) is 19.2 Å². The van der Waals surface area contributed by atoms with Gasteiger partial charge in [0.05, 0.1) is 12.2 Å². The molecule has 1 N–H and O–H groups in total. The molecule has 4 heteroatoms. The zero-order valence-electron chi connectivity index (χ0n) is 8.79. The highest BCUT2D eigenvalue weighted by Crippen LogP contribution is 2.05. The van der Waals surface area contributed by atoms with Gasteiger partial charge in [-0.1, -0.05) is 11.2 Å². The Morgan fingerprint density at radius 3 is 3.14 bits per heavy atom. The van der Waals surface area contributed by atoms with Gasteiger partial charge in [-0.15, -0.1) is 6.58 Å². The summed E-state index contributed by atoms with van der Waals surface area (Å²) in [5, 5.41) is 6.95. The molecule has 0 spiro atoms. The van der Waals surface area contributed by atoms with Crippen molar-refractivity contribution in [3.8, 4) is 0 Å². The first-order valence-electron chi connectivity index (χ1n) is 4.64. The minimum atomic E-state index is 0.745. The van der Waals surface area contributed by atoms with Crippen LogP contribution in [-0.2, 0) is 13.1 Å². The molecule has 0 amide bonds. The van der Waals surface area contributed by atoms with Gasteiger partial charge in [0.2, 0.25) is 0 Å². The number of likely N-dealkylation sites (N-methyl/N-ethyl adjacent to an activating group) is 1. The second-order valence-electron chi connectivity index (χ2n) is 3.30. The van der Waals surface area contributed by atoms with Crippen LogP contribution in [0.2, 0.25) is 0 Å². The molecule has 0 fully saturated rings. The molecule has 0 aromatic carbocycles. The van der Waals surface area contributed by atoms with Crippen LogP contribution in [0.25, 0.3) is 0 Å². The lowest BCUT2D eigenvalue weighted by Crippen LogP contribution is -2.16. The van der Waals surface area contributed by atoms with Crippen molar-refractivity contribution in [2.75, 3.05) is 20.6 Å². The largest absolute Gasteiger partial charge is 0.360 e. The number of hydrogen-bond donors (Lipinski definition) is 1. The monoisotopic (exact) mass is 195 g/mol. The molecule has 0 bridgehead atoms. The summed E-state index contributed by atoms with van der Waals surface area (Å²) in [5.74, 6) is 0.889. The number of nitrogens with zero attached hydrogens (tertiary/aromatic N) is 2. The van der Waals surface area contributed by atoms with Gasteiger partial charge in [0.25, 0.3) is 0 Å². The van der Waals surface area contributed by atoms with Crippen LogP contribution >= 0.6 is 0 Å². The zero-order chi connectivity index (χ0) is 10.4. The van der Waals surface area contributed by atoms with Crippen molar-refractivity contribution in [1.29, 1.82) is 0 Å². The molecule has 0 aliphatic rings. The quantitative estimate of drug-likeness (QED) is 0.688. The molecule has 0 saturated carbocycles. The Morgan fingerprint density at radius 2 is 2.50 bits per heavy atom. The van der Waals surface area contributed by atoms with Crippen LogP contribution in [0.4, 0.5) is 0 Å². The second-order valence-corrected chi connectivity index (χ2v) is 3.30. The van der Waals surface area contributed by atoms with Crippen molar-refractivity contribution in [2.24, 2.45) is 0 Å². The van der Waals surface area contributed by atoms with Gasteiger partial charge in [-0.3, -0.25) is 4.90 Å². The highest BCUT2D eigenvalue weighted by molar-refractivity contribution is 5.04. The number of hydrogen-bond acceptors (Lipinski definition) is 4. The molecule has 0 radical (unpaired) electrons. The van der Waals surface area contributed by atoms with E-state index >= 15 is 0 Å². The first-order chi connectivity index (χ1) is 6.76. The molecule has 78 valence electrons. The SMILES string of the molecule is C=CCN(C)Cc1cc(CNC)no1. The molecule has 0 aliphatic carbocycles. The first kappa shape index (κ1) is 10.9. The maximum atomic E-state index is 5.17. The molecular weight excluding hydrogens is 178 g/mol. The van der Waals surface area contributed by atoms with Crippen molar-refractivity contribution >= 4 is 0 Å². The summed E-state index contributed by atoms with van der Waals surface area (Å²) in [6.07, 6.45) is 1.87. The van der Waals surface area contributed by atoms with Gasteiger partial charge in [0.15, 0.2) is 5.76 Å². The molecular formula is C10H17N3O. The fourth-order valence-corrected chi connectivity index (χ4v) is 1.25. The molecule has 0 atom stereocenters. The Morgan fingerprint density at radius 1 is 1.71 bits per heavy atom. The summed E-state index contributed by atoms with van der Waals surface area (Å²) in [6.45, 7) is 6.04. The predicted octanol–water partition coefficient (Wildman–Crippen LogP) is 1.01. The van der Waals surface area contributed by atoms with Gasteiger partial charge >= 0.3 is 0 Å². The third-order valence-corrected chi connectivity index (χ3v) is 1.83. The second kappa shape index (κ2) is 5.57. The summed E-state index contributed by atoms with van der Waals surface area (Å²) in [5.41, 5.74) is 0.939. The van der Waals surface area contributed by atoms with Gasteiger partial charge in [-0.05, 0) is 14.1 Å². The van der Waals surface area contributed by atoms with Crippen LogP contribution in [0.3, 0.4) is 0 Å². The van der Waals surface area contributed by atoms with Gasteiger partial charge < -0.3 is 9.84 Å². The number of nitrogens with one attached hydrogen (secondary N) is 1. The van der Waals surface area contributed by atoms with Crippen LogP contribution in [0.5, 0.6) is 0 Å². The molecule has 1 heterocycles. The van der Waals surface area contributed by atoms with E-state index < -0.39 is 0 Å². The van der Waals surface area contributed by atoms with Crippen LogP contribution in [0.15, 0.2) is 23.2 Å². The van der Waals surface area contributed by atoms with Gasteiger partial charge in [-0.25, -0.2) is 0 Å². The van der Waals surface area contributed by atoms with Crippen LogP contribution in [-0.4, -0.2) is 30.7 Å². The predicted molar refractivity (Wildman–Crippen MR) is 55.8 cm³/mol. The van der Waals surface area contributed by atoms with Gasteiger partial charge in [0.1, 0.15) is 0 Å². The number of aromatic nitrogens is 1. The third-order valence-electron chi connectivity index (χ3n) is 1.83. The van der Waals surface area contributed by atoms with E-state index in [2.05, 4.69) is 22.0 Å². The zero-order valence-corrected chi connectivity index (χ0v) is 8.79. The molecule has 1 aromatic rings. The lowest BCUT2D eigenvalue weighted by Gasteiger charge is -2.10. The lowest BCUT2D eigenvalue weighted by atomic mass is 10.3. The van der Waals surface area contributed by atoms with E-state index in [1.165, 1.54) is 0 Å². The molecule has 0 aliphatic heterocycles. The Hall–Kier alpha value is -1.13. The summed E-state index contributed by atoms with van der Waals surface area (Å²) in [7, 11) is 3.90. The molecule has 4 nitrogen and oxygen atoms in total. The van der Waals surface area contributed by atoms with E-state index in [0.717, 1.165) is 31.1 Å². The van der Waals surface area contributed by atoms with Crippen LogP contribution in [0.1, 0.15) is 11.5 Å². The Labute approximate surface area is 84.6 Å². The molecule has 1 aromatic heterocycles. The van der Waals surface area contributed by atoms with Crippen LogP contribution in [0, 0.1) is 0 Å². The van der Waals surface area contributed by atoms with E-state index in [1.807, 2.05) is 26.2 Å². The van der Waals surface area contributed by atoms with Crippen molar-refractivity contribution < 1.29 is 4.52 Å². The maximum Gasteiger partial charge on any atom is 0.151 e. The van der Waals surface area contributed by atoms with Gasteiger partial charge in [-0.2, -0.15) is 0 Å². The number of rotatable bonds is 6. The van der Waals surface area contributed by atoms with Crippen molar-refractivity contribution in [2.45, 2.75) is 13.1 Å². The first-order valence-corrected chi connectivity index (χ1v) is 4.64. The van der Waals surface area contributed by atoms with Crippen molar-refractivity contribution in [3.05, 3.63) is 30.2 Å². The molecule has 0 saturated heterocycles. The van der Waals surface area contributed by atoms with E-state index in [1.54, 1.807) is 0 Å². The minimum absolute atomic E-state index is 0.745. The van der Waals surface area contributed by atoms with Crippen molar-refractivity contribution in [3.63, 3.8) is 0 Å². The Kier molecular flexibility index (Phi) is 4.35. The van der Waals surface area contributed by atoms with Crippen LogP contribution < -0.4 is 5.32 Å². The van der Waals surface area contributed by atoms with E-state index in [9.17, 15) is 0 Å². The molecule has 14 heavy (non-hydrogen) atoms. The molecule has 1 rings (SSSR count). The average Bonchev–Trinajstić information content (AvgIpc) is 2.53. The highest BCUT2D eigenvalue weighted by atomic mass is 16.5. The maximum absolute atomic E-state index is 5.17. The topological polar surface area (TPSA) is 41.3 Å².